The van der Waals surface area contributed by atoms with Gasteiger partial charge in [-0.1, -0.05) is 65.0 Å². The van der Waals surface area contributed by atoms with Crippen molar-refractivity contribution < 1.29 is 0 Å². The van der Waals surface area contributed by atoms with Crippen molar-refractivity contribution in [1.82, 2.24) is 19.9 Å². The van der Waals surface area contributed by atoms with Crippen LogP contribution in [0.15, 0.2) is 127 Å². The fourth-order valence-corrected chi connectivity index (χ4v) is 8.47. The van der Waals surface area contributed by atoms with Crippen LogP contribution in [0.4, 0.5) is 0 Å². The lowest BCUT2D eigenvalue weighted by atomic mass is 9.75. The number of nitrogens with zero attached hydrogens (tertiary/aromatic N) is 4. The van der Waals surface area contributed by atoms with E-state index in [9.17, 15) is 0 Å². The summed E-state index contributed by atoms with van der Waals surface area (Å²) in [6, 6.07) is 29.3. The zero-order valence-electron chi connectivity index (χ0n) is 28.9. The lowest BCUT2D eigenvalue weighted by molar-refractivity contribution is 0.524. The van der Waals surface area contributed by atoms with Crippen LogP contribution in [-0.2, 0) is 17.3 Å². The van der Waals surface area contributed by atoms with E-state index in [1.54, 1.807) is 22.7 Å². The van der Waals surface area contributed by atoms with Gasteiger partial charge in [0.25, 0.3) is 0 Å². The fourth-order valence-electron chi connectivity index (χ4n) is 7.12. The van der Waals surface area contributed by atoms with Crippen LogP contribution in [0.25, 0.3) is 64.9 Å². The Balaban J connectivity index is 1.35. The van der Waals surface area contributed by atoms with Gasteiger partial charge >= 0.3 is 0 Å². The van der Waals surface area contributed by atoms with Gasteiger partial charge in [0.15, 0.2) is 0 Å². The smallest absolute Gasteiger partial charge is 0.123 e. The number of thiazole rings is 2. The molecule has 0 aliphatic rings. The molecule has 4 aromatic heterocycles. The summed E-state index contributed by atoms with van der Waals surface area (Å²) in [6.07, 6.45) is 12.2. The van der Waals surface area contributed by atoms with Crippen LogP contribution < -0.4 is 0 Å². The lowest BCUT2D eigenvalue weighted by Gasteiger charge is -2.29. The lowest BCUT2D eigenvalue weighted by Crippen LogP contribution is -2.21. The molecule has 0 aliphatic carbocycles. The fraction of sp³-hybridized carbons (Fsp3) is 0.182. The standard InChI is InChI=1S/C44H38N4S2/c1-43(2,3)31-23-36(28-11-15-45-16-12-28)34-10-9-30(40(38(34)24-31)29-13-17-46-18-14-29)27-44(4,5)32-25-37-33(39(26-32)42-48-20-22-50-42)7-6-8-35(37)41-47-19-21-49-41/h6-26H,27H2,1-5H3. The number of benzene rings is 4. The van der Waals surface area contributed by atoms with E-state index in [0.29, 0.717) is 0 Å². The van der Waals surface area contributed by atoms with Crippen molar-refractivity contribution in [2.45, 2.75) is 51.9 Å². The Morgan fingerprint density at radius 2 is 1.12 bits per heavy atom. The summed E-state index contributed by atoms with van der Waals surface area (Å²) in [5.74, 6) is 0. The van der Waals surface area contributed by atoms with Crippen molar-refractivity contribution in [2.75, 3.05) is 0 Å². The number of rotatable bonds is 7. The molecule has 0 spiro atoms. The average Bonchev–Trinajstić information content (AvgIpc) is 3.86. The number of fused-ring (bicyclic) bond motifs is 2. The van der Waals surface area contributed by atoms with Gasteiger partial charge in [0, 0.05) is 59.1 Å². The molecule has 0 fully saturated rings. The maximum Gasteiger partial charge on any atom is 0.123 e. The van der Waals surface area contributed by atoms with Gasteiger partial charge in [0.05, 0.1) is 0 Å². The second kappa shape index (κ2) is 12.7. The molecule has 0 unspecified atom stereocenters. The van der Waals surface area contributed by atoms with E-state index in [2.05, 4.69) is 134 Å². The van der Waals surface area contributed by atoms with Gasteiger partial charge in [0.1, 0.15) is 10.0 Å². The highest BCUT2D eigenvalue weighted by molar-refractivity contribution is 7.13. The van der Waals surface area contributed by atoms with Crippen molar-refractivity contribution >= 4 is 44.2 Å². The number of pyridine rings is 2. The maximum absolute atomic E-state index is 4.78. The van der Waals surface area contributed by atoms with Gasteiger partial charge in [-0.05, 0) is 126 Å². The summed E-state index contributed by atoms with van der Waals surface area (Å²) in [7, 11) is 0. The van der Waals surface area contributed by atoms with Crippen LogP contribution >= 0.6 is 22.7 Å². The number of hydrogen-bond donors (Lipinski definition) is 0. The van der Waals surface area contributed by atoms with Crippen molar-refractivity contribution in [3.8, 4) is 43.4 Å². The molecule has 4 heterocycles. The molecule has 0 saturated heterocycles. The van der Waals surface area contributed by atoms with Crippen molar-refractivity contribution in [3.63, 3.8) is 0 Å². The van der Waals surface area contributed by atoms with E-state index in [1.165, 1.54) is 66.1 Å². The Hall–Kier alpha value is -5.04. The van der Waals surface area contributed by atoms with Crippen LogP contribution in [0.1, 0.15) is 51.3 Å². The Labute approximate surface area is 301 Å². The van der Waals surface area contributed by atoms with Crippen LogP contribution in [0.3, 0.4) is 0 Å². The third kappa shape index (κ3) is 5.93. The Morgan fingerprint density at radius 1 is 0.520 bits per heavy atom. The molecule has 50 heavy (non-hydrogen) atoms. The molecule has 6 heteroatoms. The third-order valence-electron chi connectivity index (χ3n) is 9.78. The SMILES string of the molecule is CC(C)(C)c1cc(-c2ccncc2)c2ccc(CC(C)(C)c3cc(-c4nccs4)c4cccc(-c5nccs5)c4c3)c(-c3ccncc3)c2c1. The molecular weight excluding hydrogens is 649 g/mol. The Kier molecular flexibility index (Phi) is 8.17. The zero-order chi connectivity index (χ0) is 34.5. The molecule has 0 atom stereocenters. The van der Waals surface area contributed by atoms with E-state index in [-0.39, 0.29) is 10.8 Å². The van der Waals surface area contributed by atoms with Gasteiger partial charge in [-0.3, -0.25) is 9.97 Å². The molecular formula is C44H38N4S2. The molecule has 4 nitrogen and oxygen atoms in total. The molecule has 0 radical (unpaired) electrons. The minimum atomic E-state index is -0.221. The summed E-state index contributed by atoms with van der Waals surface area (Å²) < 4.78 is 0. The second-order valence-electron chi connectivity index (χ2n) is 14.6. The van der Waals surface area contributed by atoms with Crippen molar-refractivity contribution in [2.24, 2.45) is 0 Å². The minimum absolute atomic E-state index is 0.0345. The van der Waals surface area contributed by atoms with Gasteiger partial charge in [-0.25, -0.2) is 9.97 Å². The highest BCUT2D eigenvalue weighted by Gasteiger charge is 2.27. The summed E-state index contributed by atoms with van der Waals surface area (Å²) in [5, 5.41) is 11.1. The van der Waals surface area contributed by atoms with Gasteiger partial charge in [-0.2, -0.15) is 0 Å². The number of hydrogen-bond acceptors (Lipinski definition) is 6. The Morgan fingerprint density at radius 3 is 1.76 bits per heavy atom. The van der Waals surface area contributed by atoms with Crippen LogP contribution in [0.5, 0.6) is 0 Å². The van der Waals surface area contributed by atoms with Crippen molar-refractivity contribution in [1.29, 1.82) is 0 Å². The van der Waals surface area contributed by atoms with Crippen molar-refractivity contribution in [3.05, 3.63) is 143 Å². The molecule has 0 amide bonds. The molecule has 0 N–H and O–H groups in total. The average molecular weight is 687 g/mol. The molecule has 0 aliphatic heterocycles. The second-order valence-corrected chi connectivity index (χ2v) is 16.4. The molecule has 246 valence electrons. The first kappa shape index (κ1) is 32.2. The van der Waals surface area contributed by atoms with E-state index in [1.807, 2.05) is 37.2 Å². The molecule has 8 rings (SSSR count). The summed E-state index contributed by atoms with van der Waals surface area (Å²) in [4.78, 5) is 18.2. The molecule has 4 aromatic carbocycles. The van der Waals surface area contributed by atoms with Gasteiger partial charge in [0.2, 0.25) is 0 Å². The first-order valence-electron chi connectivity index (χ1n) is 17.0. The highest BCUT2D eigenvalue weighted by Crippen LogP contribution is 2.44. The maximum atomic E-state index is 4.78. The predicted molar refractivity (Wildman–Crippen MR) is 212 cm³/mol. The third-order valence-corrected chi connectivity index (χ3v) is 11.4. The predicted octanol–water partition coefficient (Wildman–Crippen LogP) is 12.2. The van der Waals surface area contributed by atoms with E-state index in [4.69, 9.17) is 9.97 Å². The van der Waals surface area contributed by atoms with Gasteiger partial charge in [-0.15, -0.1) is 22.7 Å². The largest absolute Gasteiger partial charge is 0.265 e. The Bertz CT molecular complexity index is 2440. The summed E-state index contributed by atoms with van der Waals surface area (Å²) in [5.41, 5.74) is 10.8. The quantitative estimate of drug-likeness (QED) is 0.167. The van der Waals surface area contributed by atoms with Crippen LogP contribution in [-0.4, -0.2) is 19.9 Å². The van der Waals surface area contributed by atoms with Gasteiger partial charge < -0.3 is 0 Å². The highest BCUT2D eigenvalue weighted by atomic mass is 32.1. The van der Waals surface area contributed by atoms with E-state index in [0.717, 1.165) is 22.0 Å². The summed E-state index contributed by atoms with van der Waals surface area (Å²) in [6.45, 7) is 11.6. The summed E-state index contributed by atoms with van der Waals surface area (Å²) >= 11 is 3.37. The van der Waals surface area contributed by atoms with E-state index < -0.39 is 0 Å². The first-order chi connectivity index (χ1) is 24.2. The minimum Gasteiger partial charge on any atom is -0.265 e. The number of aromatic nitrogens is 4. The first-order valence-corrected chi connectivity index (χ1v) is 18.7. The van der Waals surface area contributed by atoms with E-state index >= 15 is 0 Å². The molecule has 0 bridgehead atoms. The monoisotopic (exact) mass is 686 g/mol. The normalized spacial score (nSPS) is 12.2. The van der Waals surface area contributed by atoms with Crippen LogP contribution in [0, 0.1) is 0 Å². The molecule has 0 saturated carbocycles. The molecule has 8 aromatic rings. The zero-order valence-corrected chi connectivity index (χ0v) is 30.6. The topological polar surface area (TPSA) is 51.6 Å². The van der Waals surface area contributed by atoms with Crippen LogP contribution in [0.2, 0.25) is 0 Å².